The standard InChI is InChI=1S/C14H20N2O2S/c1-11(17)15-12(13-6-5-9-19-13)10-14(18)16-7-3-2-4-8-16/h5-6,9,12H,2-4,7-8,10H2,1H3,(H,15,17). The molecule has 0 bridgehead atoms. The molecule has 4 nitrogen and oxygen atoms in total. The predicted molar refractivity (Wildman–Crippen MR) is 75.9 cm³/mol. The largest absolute Gasteiger partial charge is 0.348 e. The lowest BCUT2D eigenvalue weighted by atomic mass is 10.1. The number of carbonyl (C=O) groups excluding carboxylic acids is 2. The molecule has 0 saturated carbocycles. The first-order valence-electron chi connectivity index (χ1n) is 6.75. The predicted octanol–water partition coefficient (Wildman–Crippen LogP) is 2.33. The number of nitrogens with zero attached hydrogens (tertiary/aromatic N) is 1. The summed E-state index contributed by atoms with van der Waals surface area (Å²) in [4.78, 5) is 26.5. The van der Waals surface area contributed by atoms with E-state index in [1.807, 2.05) is 22.4 Å². The lowest BCUT2D eigenvalue weighted by Gasteiger charge is -2.28. The molecule has 0 radical (unpaired) electrons. The number of likely N-dealkylation sites (tertiary alicyclic amines) is 1. The molecule has 1 aromatic rings. The number of thiophene rings is 1. The molecule has 2 amide bonds. The molecule has 1 N–H and O–H groups in total. The topological polar surface area (TPSA) is 49.4 Å². The van der Waals surface area contributed by atoms with E-state index in [-0.39, 0.29) is 17.9 Å². The van der Waals surface area contributed by atoms with E-state index in [0.717, 1.165) is 30.8 Å². The van der Waals surface area contributed by atoms with Gasteiger partial charge in [-0.15, -0.1) is 11.3 Å². The fourth-order valence-corrected chi connectivity index (χ4v) is 3.18. The molecule has 1 saturated heterocycles. The summed E-state index contributed by atoms with van der Waals surface area (Å²) in [5, 5.41) is 4.84. The number of hydrogen-bond acceptors (Lipinski definition) is 3. The molecule has 1 fully saturated rings. The van der Waals surface area contributed by atoms with Gasteiger partial charge in [-0.1, -0.05) is 6.07 Å². The summed E-state index contributed by atoms with van der Waals surface area (Å²) in [7, 11) is 0. The zero-order chi connectivity index (χ0) is 13.7. The minimum Gasteiger partial charge on any atom is -0.348 e. The lowest BCUT2D eigenvalue weighted by molar-refractivity contribution is -0.132. The minimum atomic E-state index is -0.188. The molecule has 1 aliphatic heterocycles. The van der Waals surface area contributed by atoms with Crippen molar-refractivity contribution in [2.24, 2.45) is 0 Å². The Hall–Kier alpha value is -1.36. The van der Waals surface area contributed by atoms with Crippen LogP contribution in [0, 0.1) is 0 Å². The molecule has 1 unspecified atom stereocenters. The molecule has 0 spiro atoms. The molecule has 1 aliphatic rings. The van der Waals surface area contributed by atoms with Gasteiger partial charge in [-0.2, -0.15) is 0 Å². The van der Waals surface area contributed by atoms with Crippen LogP contribution < -0.4 is 5.32 Å². The third kappa shape index (κ3) is 4.06. The van der Waals surface area contributed by atoms with E-state index in [4.69, 9.17) is 0 Å². The Bertz CT molecular complexity index is 425. The third-order valence-electron chi connectivity index (χ3n) is 3.35. The fourth-order valence-electron chi connectivity index (χ4n) is 2.40. The molecule has 2 rings (SSSR count). The lowest BCUT2D eigenvalue weighted by Crippen LogP contribution is -2.38. The van der Waals surface area contributed by atoms with E-state index in [9.17, 15) is 9.59 Å². The molecular formula is C14H20N2O2S. The van der Waals surface area contributed by atoms with E-state index >= 15 is 0 Å². The number of nitrogens with one attached hydrogen (secondary N) is 1. The molecule has 2 heterocycles. The van der Waals surface area contributed by atoms with E-state index in [1.54, 1.807) is 11.3 Å². The van der Waals surface area contributed by atoms with Gasteiger partial charge in [0.2, 0.25) is 11.8 Å². The van der Waals surface area contributed by atoms with Crippen molar-refractivity contribution in [3.05, 3.63) is 22.4 Å². The maximum Gasteiger partial charge on any atom is 0.225 e. The molecule has 19 heavy (non-hydrogen) atoms. The maximum atomic E-state index is 12.3. The van der Waals surface area contributed by atoms with Crippen LogP contribution in [0.1, 0.15) is 43.5 Å². The van der Waals surface area contributed by atoms with Gasteiger partial charge in [0.25, 0.3) is 0 Å². The average molecular weight is 280 g/mol. The van der Waals surface area contributed by atoms with Crippen molar-refractivity contribution in [3.63, 3.8) is 0 Å². The van der Waals surface area contributed by atoms with Crippen molar-refractivity contribution in [1.82, 2.24) is 10.2 Å². The van der Waals surface area contributed by atoms with Crippen LogP contribution >= 0.6 is 11.3 Å². The van der Waals surface area contributed by atoms with Crippen LogP contribution in [-0.4, -0.2) is 29.8 Å². The quantitative estimate of drug-likeness (QED) is 0.920. The van der Waals surface area contributed by atoms with Gasteiger partial charge in [-0.25, -0.2) is 0 Å². The second-order valence-electron chi connectivity index (χ2n) is 4.91. The van der Waals surface area contributed by atoms with Gasteiger partial charge < -0.3 is 10.2 Å². The van der Waals surface area contributed by atoms with Crippen molar-refractivity contribution >= 4 is 23.2 Å². The number of rotatable bonds is 4. The van der Waals surface area contributed by atoms with Crippen molar-refractivity contribution < 1.29 is 9.59 Å². The monoisotopic (exact) mass is 280 g/mol. The number of hydrogen-bond donors (Lipinski definition) is 1. The van der Waals surface area contributed by atoms with Crippen molar-refractivity contribution in [2.75, 3.05) is 13.1 Å². The highest BCUT2D eigenvalue weighted by Crippen LogP contribution is 2.23. The Morgan fingerprint density at radius 3 is 2.68 bits per heavy atom. The zero-order valence-electron chi connectivity index (χ0n) is 11.2. The smallest absolute Gasteiger partial charge is 0.225 e. The second kappa shape index (κ2) is 6.70. The Balaban J connectivity index is 1.99. The summed E-state index contributed by atoms with van der Waals surface area (Å²) >= 11 is 1.58. The van der Waals surface area contributed by atoms with Crippen LogP contribution in [0.2, 0.25) is 0 Å². The normalized spacial score (nSPS) is 17.0. The first-order chi connectivity index (χ1) is 9.16. The number of carbonyl (C=O) groups is 2. The van der Waals surface area contributed by atoms with E-state index in [0.29, 0.717) is 6.42 Å². The molecule has 1 aromatic heterocycles. The Morgan fingerprint density at radius 1 is 1.37 bits per heavy atom. The zero-order valence-corrected chi connectivity index (χ0v) is 12.0. The maximum absolute atomic E-state index is 12.3. The van der Waals surface area contributed by atoms with Gasteiger partial charge in [0.1, 0.15) is 0 Å². The van der Waals surface area contributed by atoms with Crippen molar-refractivity contribution in [3.8, 4) is 0 Å². The van der Waals surface area contributed by atoms with Crippen LogP contribution in [0.25, 0.3) is 0 Å². The summed E-state index contributed by atoms with van der Waals surface area (Å²) in [5.74, 6) is 0.0525. The number of piperidine rings is 1. The van der Waals surface area contributed by atoms with Crippen LogP contribution in [0.3, 0.4) is 0 Å². The molecule has 5 heteroatoms. The first-order valence-corrected chi connectivity index (χ1v) is 7.63. The number of amides is 2. The van der Waals surface area contributed by atoms with Gasteiger partial charge in [0.05, 0.1) is 12.5 Å². The summed E-state index contributed by atoms with van der Waals surface area (Å²) in [6, 6.07) is 3.72. The Morgan fingerprint density at radius 2 is 2.11 bits per heavy atom. The van der Waals surface area contributed by atoms with E-state index in [1.165, 1.54) is 13.3 Å². The summed E-state index contributed by atoms with van der Waals surface area (Å²) in [5.41, 5.74) is 0. The molecule has 0 aromatic carbocycles. The van der Waals surface area contributed by atoms with Crippen molar-refractivity contribution in [2.45, 2.75) is 38.6 Å². The minimum absolute atomic E-state index is 0.0927. The van der Waals surface area contributed by atoms with Crippen LogP contribution in [0.15, 0.2) is 17.5 Å². The van der Waals surface area contributed by atoms with Crippen molar-refractivity contribution in [1.29, 1.82) is 0 Å². The van der Waals surface area contributed by atoms with Crippen LogP contribution in [0.5, 0.6) is 0 Å². The first kappa shape index (κ1) is 14.1. The van der Waals surface area contributed by atoms with Gasteiger partial charge in [-0.3, -0.25) is 9.59 Å². The van der Waals surface area contributed by atoms with Crippen LogP contribution in [0.4, 0.5) is 0 Å². The van der Waals surface area contributed by atoms with Crippen LogP contribution in [-0.2, 0) is 9.59 Å². The second-order valence-corrected chi connectivity index (χ2v) is 5.89. The van der Waals surface area contributed by atoms with Gasteiger partial charge >= 0.3 is 0 Å². The Kier molecular flexibility index (Phi) is 4.96. The van der Waals surface area contributed by atoms with Gasteiger partial charge in [-0.05, 0) is 30.7 Å². The van der Waals surface area contributed by atoms with E-state index < -0.39 is 0 Å². The molecule has 1 atom stereocenters. The van der Waals surface area contributed by atoms with Gasteiger partial charge in [0, 0.05) is 24.9 Å². The summed E-state index contributed by atoms with van der Waals surface area (Å²) < 4.78 is 0. The molecular weight excluding hydrogens is 260 g/mol. The summed E-state index contributed by atoms with van der Waals surface area (Å²) in [6.07, 6.45) is 3.76. The highest BCUT2D eigenvalue weighted by atomic mass is 32.1. The molecule has 0 aliphatic carbocycles. The highest BCUT2D eigenvalue weighted by molar-refractivity contribution is 7.10. The SMILES string of the molecule is CC(=O)NC(CC(=O)N1CCCCC1)c1cccs1. The fraction of sp³-hybridized carbons (Fsp3) is 0.571. The van der Waals surface area contributed by atoms with Gasteiger partial charge in [0.15, 0.2) is 0 Å². The summed E-state index contributed by atoms with van der Waals surface area (Å²) in [6.45, 7) is 3.21. The van der Waals surface area contributed by atoms with E-state index in [2.05, 4.69) is 5.32 Å². The average Bonchev–Trinajstić information content (AvgIpc) is 2.92. The third-order valence-corrected chi connectivity index (χ3v) is 4.34. The highest BCUT2D eigenvalue weighted by Gasteiger charge is 2.22. The Labute approximate surface area is 117 Å². The molecule has 104 valence electrons.